The highest BCUT2D eigenvalue weighted by atomic mass is 14.9. The van der Waals surface area contributed by atoms with Crippen LogP contribution in [0.3, 0.4) is 0 Å². The summed E-state index contributed by atoms with van der Waals surface area (Å²) in [4.78, 5) is 0. The lowest BCUT2D eigenvalue weighted by Gasteiger charge is -2.20. The van der Waals surface area contributed by atoms with E-state index in [0.29, 0.717) is 0 Å². The summed E-state index contributed by atoms with van der Waals surface area (Å²) in [5.41, 5.74) is 4.88. The Morgan fingerprint density at radius 3 is 2.48 bits per heavy atom. The minimum absolute atomic E-state index is 0.238. The van der Waals surface area contributed by atoms with Crippen LogP contribution in [0.4, 0.5) is 0 Å². The van der Waals surface area contributed by atoms with Gasteiger partial charge in [-0.05, 0) is 86.9 Å². The highest BCUT2D eigenvalue weighted by Gasteiger charge is 2.15. The maximum absolute atomic E-state index is 3.57. The van der Waals surface area contributed by atoms with Gasteiger partial charge in [0.25, 0.3) is 0 Å². The van der Waals surface area contributed by atoms with Gasteiger partial charge < -0.3 is 5.32 Å². The van der Waals surface area contributed by atoms with Crippen LogP contribution in [0.1, 0.15) is 50.3 Å². The van der Waals surface area contributed by atoms with E-state index in [2.05, 4.69) is 56.4 Å². The summed E-state index contributed by atoms with van der Waals surface area (Å²) in [5.74, 6) is 0. The van der Waals surface area contributed by atoms with Gasteiger partial charge in [-0.2, -0.15) is 0 Å². The van der Waals surface area contributed by atoms with Gasteiger partial charge >= 0.3 is 0 Å². The van der Waals surface area contributed by atoms with Crippen molar-refractivity contribution in [3.63, 3.8) is 0 Å². The van der Waals surface area contributed by atoms with E-state index in [-0.39, 0.29) is 5.54 Å². The van der Waals surface area contributed by atoms with Crippen molar-refractivity contribution in [3.05, 3.63) is 47.0 Å². The van der Waals surface area contributed by atoms with Crippen molar-refractivity contribution in [2.24, 2.45) is 0 Å². The molecule has 0 aromatic heterocycles. The lowest BCUT2D eigenvalue weighted by Crippen LogP contribution is -2.36. The predicted molar refractivity (Wildman–Crippen MR) is 92.0 cm³/mol. The molecule has 1 aliphatic rings. The maximum atomic E-state index is 3.57. The van der Waals surface area contributed by atoms with Crippen LogP contribution in [0.15, 0.2) is 30.3 Å². The van der Waals surface area contributed by atoms with Gasteiger partial charge in [-0.1, -0.05) is 30.3 Å². The minimum atomic E-state index is 0.238. The van der Waals surface area contributed by atoms with E-state index >= 15 is 0 Å². The zero-order chi connectivity index (χ0) is 14.9. The molecule has 1 N–H and O–H groups in total. The second kappa shape index (κ2) is 5.81. The molecular formula is C20H27N. The Labute approximate surface area is 128 Å². The summed E-state index contributed by atoms with van der Waals surface area (Å²) >= 11 is 0. The fourth-order valence-electron chi connectivity index (χ4n) is 3.43. The summed E-state index contributed by atoms with van der Waals surface area (Å²) in [5, 5.41) is 6.64. The summed E-state index contributed by atoms with van der Waals surface area (Å²) in [6.07, 6.45) is 6.17. The summed E-state index contributed by atoms with van der Waals surface area (Å²) < 4.78 is 0. The third-order valence-corrected chi connectivity index (χ3v) is 4.50. The molecule has 0 bridgehead atoms. The van der Waals surface area contributed by atoms with Gasteiger partial charge in [0, 0.05) is 5.54 Å². The summed E-state index contributed by atoms with van der Waals surface area (Å²) in [6, 6.07) is 11.6. The number of rotatable bonds is 5. The first-order chi connectivity index (χ1) is 10.0. The third kappa shape index (κ3) is 3.29. The number of hydrogen-bond acceptors (Lipinski definition) is 1. The van der Waals surface area contributed by atoms with Crippen LogP contribution in [-0.2, 0) is 19.3 Å². The van der Waals surface area contributed by atoms with Crippen molar-refractivity contribution in [1.82, 2.24) is 5.32 Å². The molecule has 0 radical (unpaired) electrons. The molecule has 0 saturated carbocycles. The van der Waals surface area contributed by atoms with Crippen molar-refractivity contribution in [1.29, 1.82) is 0 Å². The molecule has 3 rings (SSSR count). The second-order valence-electron chi connectivity index (χ2n) is 7.36. The zero-order valence-corrected chi connectivity index (χ0v) is 13.6. The molecule has 0 saturated heterocycles. The van der Waals surface area contributed by atoms with E-state index < -0.39 is 0 Å². The summed E-state index contributed by atoms with van der Waals surface area (Å²) in [6.45, 7) is 7.81. The highest BCUT2D eigenvalue weighted by Crippen LogP contribution is 2.33. The molecule has 0 fully saturated rings. The van der Waals surface area contributed by atoms with Crippen LogP contribution < -0.4 is 5.32 Å². The number of nitrogens with one attached hydrogen (secondary N) is 1. The lowest BCUT2D eigenvalue weighted by molar-refractivity contribution is 0.419. The molecule has 0 amide bonds. The fraction of sp³-hybridized carbons (Fsp3) is 0.500. The molecule has 2 aromatic carbocycles. The van der Waals surface area contributed by atoms with E-state index in [0.717, 1.165) is 6.54 Å². The average molecular weight is 281 g/mol. The number of hydrogen-bond donors (Lipinski definition) is 1. The van der Waals surface area contributed by atoms with Gasteiger partial charge in [-0.15, -0.1) is 0 Å². The monoisotopic (exact) mass is 281 g/mol. The molecule has 1 nitrogen and oxygen atoms in total. The molecule has 1 aliphatic carbocycles. The fourth-order valence-corrected chi connectivity index (χ4v) is 3.43. The standard InChI is InChI=1S/C20H27N/c1-20(2,3)21-14-5-4-7-15-10-11-17-13-12-16-8-6-9-18(15)19(16)17/h6,8-11,21H,4-5,7,12-14H2,1-3H3. The normalized spacial score (nSPS) is 14.0. The second-order valence-corrected chi connectivity index (χ2v) is 7.36. The Hall–Kier alpha value is -1.34. The molecule has 0 aliphatic heterocycles. The first-order valence-corrected chi connectivity index (χ1v) is 8.32. The third-order valence-electron chi connectivity index (χ3n) is 4.50. The van der Waals surface area contributed by atoms with Crippen LogP contribution in [-0.4, -0.2) is 12.1 Å². The molecule has 2 aromatic rings. The molecule has 1 heteroatoms. The quantitative estimate of drug-likeness (QED) is 0.787. The van der Waals surface area contributed by atoms with Gasteiger partial charge in [0.05, 0.1) is 0 Å². The van der Waals surface area contributed by atoms with Gasteiger partial charge in [-0.25, -0.2) is 0 Å². The Balaban J connectivity index is 1.66. The van der Waals surface area contributed by atoms with Crippen molar-refractivity contribution in [2.45, 2.75) is 58.4 Å². The molecule has 21 heavy (non-hydrogen) atoms. The number of benzene rings is 2. The Morgan fingerprint density at radius 2 is 1.71 bits per heavy atom. The van der Waals surface area contributed by atoms with E-state index in [1.165, 1.54) is 43.1 Å². The highest BCUT2D eigenvalue weighted by molar-refractivity contribution is 5.93. The van der Waals surface area contributed by atoms with Gasteiger partial charge in [0.15, 0.2) is 0 Å². The number of aryl methyl sites for hydroxylation is 3. The van der Waals surface area contributed by atoms with Gasteiger partial charge in [-0.3, -0.25) is 0 Å². The van der Waals surface area contributed by atoms with E-state index in [4.69, 9.17) is 0 Å². The largest absolute Gasteiger partial charge is 0.312 e. The topological polar surface area (TPSA) is 12.0 Å². The van der Waals surface area contributed by atoms with Crippen LogP contribution in [0.25, 0.3) is 10.8 Å². The van der Waals surface area contributed by atoms with Crippen molar-refractivity contribution in [3.8, 4) is 0 Å². The molecular weight excluding hydrogens is 254 g/mol. The number of unbranched alkanes of at least 4 members (excludes halogenated alkanes) is 1. The van der Waals surface area contributed by atoms with E-state index in [9.17, 15) is 0 Å². The molecule has 0 atom stereocenters. The molecule has 0 heterocycles. The van der Waals surface area contributed by atoms with E-state index in [1.807, 2.05) is 0 Å². The van der Waals surface area contributed by atoms with Crippen LogP contribution >= 0.6 is 0 Å². The first-order valence-electron chi connectivity index (χ1n) is 8.32. The van der Waals surface area contributed by atoms with Crippen molar-refractivity contribution < 1.29 is 0 Å². The Bertz CT molecular complexity index is 624. The van der Waals surface area contributed by atoms with Crippen molar-refractivity contribution >= 4 is 10.8 Å². The van der Waals surface area contributed by atoms with Crippen LogP contribution in [0.5, 0.6) is 0 Å². The van der Waals surface area contributed by atoms with E-state index in [1.54, 1.807) is 16.5 Å². The molecule has 0 spiro atoms. The zero-order valence-electron chi connectivity index (χ0n) is 13.6. The SMILES string of the molecule is CC(C)(C)NCCCCc1ccc2c3c(cccc13)CC2. The Kier molecular flexibility index (Phi) is 4.03. The minimum Gasteiger partial charge on any atom is -0.312 e. The average Bonchev–Trinajstić information content (AvgIpc) is 2.85. The predicted octanol–water partition coefficient (Wildman–Crippen LogP) is 4.65. The molecule has 0 unspecified atom stereocenters. The van der Waals surface area contributed by atoms with Gasteiger partial charge in [0.1, 0.15) is 0 Å². The maximum Gasteiger partial charge on any atom is 0.00965 e. The van der Waals surface area contributed by atoms with Crippen LogP contribution in [0, 0.1) is 0 Å². The lowest BCUT2D eigenvalue weighted by atomic mass is 9.96. The smallest absolute Gasteiger partial charge is 0.00965 e. The Morgan fingerprint density at radius 1 is 0.952 bits per heavy atom. The van der Waals surface area contributed by atoms with Crippen molar-refractivity contribution in [2.75, 3.05) is 6.54 Å². The molecule has 112 valence electrons. The first kappa shape index (κ1) is 14.6. The summed E-state index contributed by atoms with van der Waals surface area (Å²) in [7, 11) is 0. The van der Waals surface area contributed by atoms with Crippen LogP contribution in [0.2, 0.25) is 0 Å². The van der Waals surface area contributed by atoms with Gasteiger partial charge in [0.2, 0.25) is 0 Å².